The number of anilines is 1. The van der Waals surface area contributed by atoms with Crippen LogP contribution in [0.4, 0.5) is 5.82 Å². The van der Waals surface area contributed by atoms with Crippen LogP contribution in [0, 0.1) is 11.3 Å². The molecule has 2 rings (SSSR count). The molecule has 0 fully saturated rings. The highest BCUT2D eigenvalue weighted by Gasteiger charge is 2.20. The van der Waals surface area contributed by atoms with Crippen molar-refractivity contribution >= 4 is 23.5 Å². The van der Waals surface area contributed by atoms with Crippen LogP contribution in [0.15, 0.2) is 35.4 Å². The van der Waals surface area contributed by atoms with E-state index in [2.05, 4.69) is 5.10 Å². The van der Waals surface area contributed by atoms with Gasteiger partial charge in [-0.25, -0.2) is 0 Å². The predicted molar refractivity (Wildman–Crippen MR) is 80.3 cm³/mol. The van der Waals surface area contributed by atoms with Gasteiger partial charge in [0.1, 0.15) is 23.2 Å². The third-order valence-corrected chi connectivity index (χ3v) is 3.96. The van der Waals surface area contributed by atoms with E-state index in [9.17, 15) is 4.79 Å². The lowest BCUT2D eigenvalue weighted by Gasteiger charge is -2.11. The number of nitrogens with two attached hydrogens (primary N) is 1. The first-order valence-electron chi connectivity index (χ1n) is 6.15. The maximum Gasteiger partial charge on any atom is 0.261 e. The van der Waals surface area contributed by atoms with Gasteiger partial charge in [0.25, 0.3) is 5.91 Å². The number of carbonyl (C=O) groups excluding carboxylic acids is 1. The fourth-order valence-electron chi connectivity index (χ4n) is 1.70. The van der Waals surface area contributed by atoms with Crippen LogP contribution >= 0.6 is 11.8 Å². The predicted octanol–water partition coefficient (Wildman–Crippen LogP) is 2.17. The summed E-state index contributed by atoms with van der Waals surface area (Å²) in [5, 5.41) is 12.3. The quantitative estimate of drug-likeness (QED) is 0.870. The van der Waals surface area contributed by atoms with Gasteiger partial charge < -0.3 is 10.5 Å². The lowest BCUT2D eigenvalue weighted by molar-refractivity contribution is 0.0902. The number of carbonyl (C=O) groups is 1. The third-order valence-electron chi connectivity index (χ3n) is 2.86. The molecule has 0 radical (unpaired) electrons. The highest BCUT2D eigenvalue weighted by atomic mass is 32.2. The zero-order valence-corrected chi connectivity index (χ0v) is 12.4. The van der Waals surface area contributed by atoms with Gasteiger partial charge in [-0.05, 0) is 31.2 Å². The number of nitriles is 1. The smallest absolute Gasteiger partial charge is 0.261 e. The Morgan fingerprint density at radius 2 is 2.14 bits per heavy atom. The third kappa shape index (κ3) is 3.17. The Morgan fingerprint density at radius 3 is 2.67 bits per heavy atom. The Balaban J connectivity index is 2.11. The number of benzene rings is 1. The maximum absolute atomic E-state index is 12.3. The summed E-state index contributed by atoms with van der Waals surface area (Å²) in [5.41, 5.74) is 5.91. The summed E-state index contributed by atoms with van der Waals surface area (Å²) in [6, 6.07) is 9.30. The van der Waals surface area contributed by atoms with Crippen LogP contribution in [0.2, 0.25) is 0 Å². The summed E-state index contributed by atoms with van der Waals surface area (Å²) in [6.07, 6.45) is 1.29. The van der Waals surface area contributed by atoms with Crippen LogP contribution in [0.25, 0.3) is 0 Å². The van der Waals surface area contributed by atoms with Gasteiger partial charge in [-0.3, -0.25) is 4.79 Å². The molecule has 1 atom stereocenters. The Kier molecular flexibility index (Phi) is 4.50. The Hall–Kier alpha value is -2.46. The van der Waals surface area contributed by atoms with Gasteiger partial charge in [-0.15, -0.1) is 11.8 Å². The number of rotatable bonds is 4. The molecule has 0 amide bonds. The van der Waals surface area contributed by atoms with Crippen molar-refractivity contribution in [2.24, 2.45) is 0 Å². The first-order valence-corrected chi connectivity index (χ1v) is 7.03. The van der Waals surface area contributed by atoms with Crippen molar-refractivity contribution in [1.82, 2.24) is 9.78 Å². The summed E-state index contributed by atoms with van der Waals surface area (Å²) >= 11 is 1.39. The number of ether oxygens (including phenoxy) is 1. The van der Waals surface area contributed by atoms with Gasteiger partial charge in [-0.1, -0.05) is 0 Å². The molecule has 7 heteroatoms. The first kappa shape index (κ1) is 14.9. The number of nitrogen functional groups attached to an aromatic ring is 1. The molecule has 0 aliphatic carbocycles. The molecule has 108 valence electrons. The van der Waals surface area contributed by atoms with Gasteiger partial charge in [0, 0.05) is 4.90 Å². The second kappa shape index (κ2) is 6.33. The molecule has 2 aromatic rings. The molecule has 1 aromatic heterocycles. The monoisotopic (exact) mass is 302 g/mol. The van der Waals surface area contributed by atoms with Gasteiger partial charge >= 0.3 is 0 Å². The zero-order valence-electron chi connectivity index (χ0n) is 11.6. The highest BCUT2D eigenvalue weighted by molar-refractivity contribution is 8.00. The zero-order chi connectivity index (χ0) is 15.4. The summed E-state index contributed by atoms with van der Waals surface area (Å²) in [5.74, 6) is 0.563. The molecule has 0 saturated carbocycles. The van der Waals surface area contributed by atoms with E-state index in [0.29, 0.717) is 0 Å². The highest BCUT2D eigenvalue weighted by Crippen LogP contribution is 2.26. The average molecular weight is 302 g/mol. The van der Waals surface area contributed by atoms with E-state index in [1.54, 1.807) is 14.0 Å². The van der Waals surface area contributed by atoms with Crippen LogP contribution in [0.3, 0.4) is 0 Å². The van der Waals surface area contributed by atoms with E-state index < -0.39 is 0 Å². The molecule has 21 heavy (non-hydrogen) atoms. The second-order valence-electron chi connectivity index (χ2n) is 4.24. The topological polar surface area (TPSA) is 93.9 Å². The number of aromatic nitrogens is 2. The molecule has 1 aromatic carbocycles. The SMILES string of the molecule is COc1ccc(S[C@@H](C)C(=O)n2ncc(C#N)c2N)cc1. The molecule has 0 aliphatic heterocycles. The van der Waals surface area contributed by atoms with Crippen molar-refractivity contribution in [3.63, 3.8) is 0 Å². The van der Waals surface area contributed by atoms with Crippen molar-refractivity contribution in [3.8, 4) is 11.8 Å². The molecule has 0 unspecified atom stereocenters. The summed E-state index contributed by atoms with van der Waals surface area (Å²) < 4.78 is 6.15. The van der Waals surface area contributed by atoms with Crippen molar-refractivity contribution in [2.75, 3.05) is 12.8 Å². The first-order chi connectivity index (χ1) is 10.1. The second-order valence-corrected chi connectivity index (χ2v) is 5.66. The number of thioether (sulfide) groups is 1. The fraction of sp³-hybridized carbons (Fsp3) is 0.214. The lowest BCUT2D eigenvalue weighted by atomic mass is 10.3. The van der Waals surface area contributed by atoms with Crippen molar-refractivity contribution in [3.05, 3.63) is 36.0 Å². The Labute approximate surface area is 126 Å². The maximum atomic E-state index is 12.3. The van der Waals surface area contributed by atoms with E-state index in [1.807, 2.05) is 30.3 Å². The minimum Gasteiger partial charge on any atom is -0.497 e. The standard InChI is InChI=1S/C14H14N4O2S/c1-9(21-12-5-3-11(20-2)4-6-12)14(19)18-13(16)10(7-15)8-17-18/h3-6,8-9H,16H2,1-2H3/t9-/m0/s1. The lowest BCUT2D eigenvalue weighted by Crippen LogP contribution is -2.24. The van der Waals surface area contributed by atoms with Crippen molar-refractivity contribution < 1.29 is 9.53 Å². The van der Waals surface area contributed by atoms with E-state index in [0.717, 1.165) is 15.3 Å². The molecular formula is C14H14N4O2S. The van der Waals surface area contributed by atoms with Crippen molar-refractivity contribution in [1.29, 1.82) is 5.26 Å². The Morgan fingerprint density at radius 1 is 1.48 bits per heavy atom. The minimum atomic E-state index is -0.382. The summed E-state index contributed by atoms with van der Waals surface area (Å²) in [7, 11) is 1.60. The van der Waals surface area contributed by atoms with E-state index in [4.69, 9.17) is 15.7 Å². The minimum absolute atomic E-state index is 0.0738. The normalized spacial score (nSPS) is 11.7. The van der Waals surface area contributed by atoms with E-state index >= 15 is 0 Å². The van der Waals surface area contributed by atoms with E-state index in [-0.39, 0.29) is 22.5 Å². The van der Waals surface area contributed by atoms with Crippen LogP contribution in [0.5, 0.6) is 5.75 Å². The molecule has 6 nitrogen and oxygen atoms in total. The van der Waals surface area contributed by atoms with Crippen LogP contribution in [-0.2, 0) is 0 Å². The Bertz CT molecular complexity index is 688. The van der Waals surface area contributed by atoms with Crippen molar-refractivity contribution in [2.45, 2.75) is 17.1 Å². The van der Waals surface area contributed by atoms with Gasteiger partial charge in [0.2, 0.25) is 0 Å². The molecular weight excluding hydrogens is 288 g/mol. The largest absolute Gasteiger partial charge is 0.497 e. The molecule has 1 heterocycles. The van der Waals surface area contributed by atoms with Crippen LogP contribution in [0.1, 0.15) is 17.3 Å². The van der Waals surface area contributed by atoms with Gasteiger partial charge in [0.15, 0.2) is 0 Å². The van der Waals surface area contributed by atoms with E-state index in [1.165, 1.54) is 18.0 Å². The van der Waals surface area contributed by atoms with Crippen LogP contribution < -0.4 is 10.5 Å². The number of nitrogens with zero attached hydrogens (tertiary/aromatic N) is 3. The summed E-state index contributed by atoms with van der Waals surface area (Å²) in [4.78, 5) is 13.2. The molecule has 0 spiro atoms. The fourth-order valence-corrected chi connectivity index (χ4v) is 2.60. The number of hydrogen-bond donors (Lipinski definition) is 1. The molecule has 2 N–H and O–H groups in total. The van der Waals surface area contributed by atoms with Gasteiger partial charge in [-0.2, -0.15) is 15.0 Å². The van der Waals surface area contributed by atoms with Gasteiger partial charge in [0.05, 0.1) is 18.6 Å². The molecule has 0 saturated heterocycles. The van der Waals surface area contributed by atoms with Crippen LogP contribution in [-0.4, -0.2) is 28.0 Å². The molecule has 0 bridgehead atoms. The number of hydrogen-bond acceptors (Lipinski definition) is 6. The average Bonchev–Trinajstić information content (AvgIpc) is 2.88. The molecule has 0 aliphatic rings. The number of methoxy groups -OCH3 is 1. The summed E-state index contributed by atoms with van der Waals surface area (Å²) in [6.45, 7) is 1.77.